The molecule has 1 fully saturated rings. The van der Waals surface area contributed by atoms with Gasteiger partial charge in [0, 0.05) is 37.6 Å². The van der Waals surface area contributed by atoms with Gasteiger partial charge in [0.25, 0.3) is 0 Å². The summed E-state index contributed by atoms with van der Waals surface area (Å²) >= 11 is 0. The summed E-state index contributed by atoms with van der Waals surface area (Å²) in [6.07, 6.45) is 3.53. The third kappa shape index (κ3) is 3.46. The molecule has 1 amide bonds. The summed E-state index contributed by atoms with van der Waals surface area (Å²) < 4.78 is 0. The molecular formula is C12H24N2O2. The second kappa shape index (κ2) is 6.21. The highest BCUT2D eigenvalue weighted by Crippen LogP contribution is 2.24. The van der Waals surface area contributed by atoms with E-state index in [-0.39, 0.29) is 24.0 Å². The molecule has 0 aromatic rings. The average molecular weight is 228 g/mol. The summed E-state index contributed by atoms with van der Waals surface area (Å²) in [7, 11) is 0. The van der Waals surface area contributed by atoms with E-state index >= 15 is 0 Å². The van der Waals surface area contributed by atoms with Crippen molar-refractivity contribution in [3.63, 3.8) is 0 Å². The van der Waals surface area contributed by atoms with Crippen molar-refractivity contribution >= 4 is 5.91 Å². The van der Waals surface area contributed by atoms with Crippen LogP contribution in [0.4, 0.5) is 0 Å². The molecule has 4 heteroatoms. The highest BCUT2D eigenvalue weighted by atomic mass is 16.3. The van der Waals surface area contributed by atoms with Crippen molar-refractivity contribution in [1.29, 1.82) is 0 Å². The first-order chi connectivity index (χ1) is 7.65. The van der Waals surface area contributed by atoms with E-state index in [9.17, 15) is 9.90 Å². The molecule has 0 saturated carbocycles. The summed E-state index contributed by atoms with van der Waals surface area (Å²) in [5, 5.41) is 15.7. The minimum absolute atomic E-state index is 0.00259. The van der Waals surface area contributed by atoms with Gasteiger partial charge in [-0.05, 0) is 19.3 Å². The minimum atomic E-state index is 0.00259. The Bertz CT molecular complexity index is 219. The van der Waals surface area contributed by atoms with Crippen molar-refractivity contribution in [2.45, 2.75) is 45.6 Å². The van der Waals surface area contributed by atoms with Crippen LogP contribution in [-0.2, 0) is 4.79 Å². The Balaban J connectivity index is 2.25. The van der Waals surface area contributed by atoms with Crippen LogP contribution in [0.25, 0.3) is 0 Å². The first kappa shape index (κ1) is 13.5. The third-order valence-electron chi connectivity index (χ3n) is 3.81. The molecule has 1 atom stereocenters. The van der Waals surface area contributed by atoms with Crippen LogP contribution in [0.5, 0.6) is 0 Å². The smallest absolute Gasteiger partial charge is 0.220 e. The zero-order valence-electron chi connectivity index (χ0n) is 10.4. The number of carbonyl (C=O) groups is 1. The van der Waals surface area contributed by atoms with Gasteiger partial charge >= 0.3 is 0 Å². The number of rotatable bonds is 7. The summed E-state index contributed by atoms with van der Waals surface area (Å²) in [6.45, 7) is 6.08. The Labute approximate surface area is 97.8 Å². The van der Waals surface area contributed by atoms with Gasteiger partial charge < -0.3 is 15.7 Å². The Hall–Kier alpha value is -0.610. The maximum absolute atomic E-state index is 11.0. The third-order valence-corrected chi connectivity index (χ3v) is 3.81. The lowest BCUT2D eigenvalue weighted by Crippen LogP contribution is -2.42. The Morgan fingerprint density at radius 3 is 2.62 bits per heavy atom. The molecule has 16 heavy (non-hydrogen) atoms. The molecule has 0 aromatic heterocycles. The SMILES string of the molecule is CCC(CC)(CO)CNCC1CCC(=O)N1. The van der Waals surface area contributed by atoms with Gasteiger partial charge in [-0.3, -0.25) is 4.79 Å². The maximum atomic E-state index is 11.0. The van der Waals surface area contributed by atoms with E-state index in [1.165, 1.54) is 0 Å². The van der Waals surface area contributed by atoms with E-state index in [2.05, 4.69) is 24.5 Å². The second-order valence-corrected chi connectivity index (χ2v) is 4.80. The van der Waals surface area contributed by atoms with E-state index in [4.69, 9.17) is 0 Å². The minimum Gasteiger partial charge on any atom is -0.396 e. The molecule has 94 valence electrons. The van der Waals surface area contributed by atoms with E-state index in [0.29, 0.717) is 6.42 Å². The van der Waals surface area contributed by atoms with Crippen molar-refractivity contribution < 1.29 is 9.90 Å². The number of aliphatic hydroxyl groups is 1. The lowest BCUT2D eigenvalue weighted by atomic mass is 9.83. The molecule has 4 nitrogen and oxygen atoms in total. The van der Waals surface area contributed by atoms with Gasteiger partial charge in [0.15, 0.2) is 0 Å². The van der Waals surface area contributed by atoms with Crippen LogP contribution in [0.2, 0.25) is 0 Å². The molecule has 1 unspecified atom stereocenters. The predicted molar refractivity (Wildman–Crippen MR) is 64.1 cm³/mol. The molecule has 1 heterocycles. The fraction of sp³-hybridized carbons (Fsp3) is 0.917. The average Bonchev–Trinajstić information content (AvgIpc) is 2.71. The number of carbonyl (C=O) groups excluding carboxylic acids is 1. The quantitative estimate of drug-likeness (QED) is 0.599. The number of hydrogen-bond acceptors (Lipinski definition) is 3. The standard InChI is InChI=1S/C12H24N2O2/c1-3-12(4-2,9-15)8-13-7-10-5-6-11(16)14-10/h10,13,15H,3-9H2,1-2H3,(H,14,16). The molecule has 1 saturated heterocycles. The van der Waals surface area contributed by atoms with Gasteiger partial charge in [0.05, 0.1) is 0 Å². The van der Waals surface area contributed by atoms with Crippen molar-refractivity contribution in [2.24, 2.45) is 5.41 Å². The lowest BCUT2D eigenvalue weighted by Gasteiger charge is -2.30. The van der Waals surface area contributed by atoms with Crippen molar-refractivity contribution in [1.82, 2.24) is 10.6 Å². The van der Waals surface area contributed by atoms with Crippen LogP contribution in [-0.4, -0.2) is 36.8 Å². The largest absolute Gasteiger partial charge is 0.396 e. The number of hydrogen-bond donors (Lipinski definition) is 3. The Morgan fingerprint density at radius 1 is 1.50 bits per heavy atom. The number of aliphatic hydroxyl groups excluding tert-OH is 1. The van der Waals surface area contributed by atoms with Gasteiger partial charge in [0.1, 0.15) is 0 Å². The molecule has 1 rings (SSSR count). The van der Waals surface area contributed by atoms with Gasteiger partial charge in [-0.2, -0.15) is 0 Å². The van der Waals surface area contributed by atoms with E-state index in [0.717, 1.165) is 32.4 Å². The van der Waals surface area contributed by atoms with Gasteiger partial charge in [-0.1, -0.05) is 13.8 Å². The van der Waals surface area contributed by atoms with Crippen LogP contribution >= 0.6 is 0 Å². The normalized spacial score (nSPS) is 21.2. The molecule has 0 bridgehead atoms. The van der Waals surface area contributed by atoms with E-state index in [1.807, 2.05) is 0 Å². The fourth-order valence-electron chi connectivity index (χ4n) is 2.12. The highest BCUT2D eigenvalue weighted by molar-refractivity contribution is 5.78. The molecular weight excluding hydrogens is 204 g/mol. The van der Waals surface area contributed by atoms with Crippen LogP contribution < -0.4 is 10.6 Å². The van der Waals surface area contributed by atoms with Gasteiger partial charge in [0.2, 0.25) is 5.91 Å². The van der Waals surface area contributed by atoms with Crippen LogP contribution in [0.3, 0.4) is 0 Å². The summed E-state index contributed by atoms with van der Waals surface area (Å²) in [6, 6.07) is 0.276. The fourth-order valence-corrected chi connectivity index (χ4v) is 2.12. The first-order valence-electron chi connectivity index (χ1n) is 6.26. The maximum Gasteiger partial charge on any atom is 0.220 e. The lowest BCUT2D eigenvalue weighted by molar-refractivity contribution is -0.119. The molecule has 1 aliphatic rings. The highest BCUT2D eigenvalue weighted by Gasteiger charge is 2.26. The molecule has 3 N–H and O–H groups in total. The number of amides is 1. The molecule has 0 aromatic carbocycles. The van der Waals surface area contributed by atoms with E-state index < -0.39 is 0 Å². The molecule has 0 radical (unpaired) electrons. The molecule has 1 aliphatic heterocycles. The monoisotopic (exact) mass is 228 g/mol. The summed E-state index contributed by atoms with van der Waals surface area (Å²) in [5.74, 6) is 0.159. The van der Waals surface area contributed by atoms with Gasteiger partial charge in [-0.15, -0.1) is 0 Å². The van der Waals surface area contributed by atoms with Crippen molar-refractivity contribution in [2.75, 3.05) is 19.7 Å². The van der Waals surface area contributed by atoms with Crippen LogP contribution in [0, 0.1) is 5.41 Å². The van der Waals surface area contributed by atoms with Gasteiger partial charge in [-0.25, -0.2) is 0 Å². The summed E-state index contributed by atoms with van der Waals surface area (Å²) in [4.78, 5) is 11.0. The zero-order valence-corrected chi connectivity index (χ0v) is 10.4. The van der Waals surface area contributed by atoms with Crippen LogP contribution in [0.15, 0.2) is 0 Å². The van der Waals surface area contributed by atoms with Crippen molar-refractivity contribution in [3.8, 4) is 0 Å². The van der Waals surface area contributed by atoms with Crippen molar-refractivity contribution in [3.05, 3.63) is 0 Å². The number of nitrogens with one attached hydrogen (secondary N) is 2. The summed E-state index contributed by atoms with van der Waals surface area (Å²) in [5.41, 5.74) is 0.00259. The first-order valence-corrected chi connectivity index (χ1v) is 6.26. The predicted octanol–water partition coefficient (Wildman–Crippen LogP) is 0.653. The topological polar surface area (TPSA) is 61.4 Å². The zero-order chi connectivity index (χ0) is 12.0. The molecule has 0 aliphatic carbocycles. The van der Waals surface area contributed by atoms with Crippen LogP contribution in [0.1, 0.15) is 39.5 Å². The molecule has 0 spiro atoms. The Morgan fingerprint density at radius 2 is 2.19 bits per heavy atom. The Kier molecular flexibility index (Phi) is 5.22. The van der Waals surface area contributed by atoms with E-state index in [1.54, 1.807) is 0 Å². The second-order valence-electron chi connectivity index (χ2n) is 4.80.